The van der Waals surface area contributed by atoms with Crippen molar-refractivity contribution in [2.24, 2.45) is 0 Å². The van der Waals surface area contributed by atoms with Gasteiger partial charge in [0.25, 0.3) is 0 Å². The molecule has 0 bridgehead atoms. The monoisotopic (exact) mass is 319 g/mol. The summed E-state index contributed by atoms with van der Waals surface area (Å²) in [5, 5.41) is 1.03. The number of nitrogens with one attached hydrogen (secondary N) is 1. The molecule has 0 radical (unpaired) electrons. The van der Waals surface area contributed by atoms with Crippen molar-refractivity contribution in [3.63, 3.8) is 0 Å². The summed E-state index contributed by atoms with van der Waals surface area (Å²) >= 11 is 0. The van der Waals surface area contributed by atoms with Crippen molar-refractivity contribution in [3.8, 4) is 0 Å². The van der Waals surface area contributed by atoms with Gasteiger partial charge in [0.15, 0.2) is 0 Å². The Balaban J connectivity index is 2.07. The largest absolute Gasteiger partial charge is 0.351 e. The van der Waals surface area contributed by atoms with Gasteiger partial charge in [-0.3, -0.25) is 4.79 Å². The SMILES string of the molecule is Cc1cnc(S(=O)(=O)[C@H](C)C(=O)NCc2ccccc2)nc1. The minimum atomic E-state index is -3.89. The molecule has 1 aromatic heterocycles. The minimum absolute atomic E-state index is 0.272. The van der Waals surface area contributed by atoms with Gasteiger partial charge in [0.1, 0.15) is 5.25 Å². The fraction of sp³-hybridized carbons (Fsp3) is 0.267. The van der Waals surface area contributed by atoms with Gasteiger partial charge >= 0.3 is 0 Å². The predicted octanol–water partition coefficient (Wildman–Crippen LogP) is 1.26. The zero-order valence-electron chi connectivity index (χ0n) is 12.4. The van der Waals surface area contributed by atoms with Crippen LogP contribution in [0.2, 0.25) is 0 Å². The smallest absolute Gasteiger partial charge is 0.247 e. The second-order valence-corrected chi connectivity index (χ2v) is 7.10. The number of amides is 1. The quantitative estimate of drug-likeness (QED) is 0.838. The van der Waals surface area contributed by atoms with Crippen LogP contribution in [-0.2, 0) is 21.2 Å². The number of sulfone groups is 1. The van der Waals surface area contributed by atoms with Crippen LogP contribution in [0.5, 0.6) is 0 Å². The van der Waals surface area contributed by atoms with Crippen LogP contribution in [0, 0.1) is 6.92 Å². The summed E-state index contributed by atoms with van der Waals surface area (Å²) < 4.78 is 24.6. The summed E-state index contributed by atoms with van der Waals surface area (Å²) in [5.41, 5.74) is 1.65. The Kier molecular flexibility index (Phi) is 4.87. The molecule has 1 heterocycles. The van der Waals surface area contributed by atoms with Crippen molar-refractivity contribution in [1.82, 2.24) is 15.3 Å². The lowest BCUT2D eigenvalue weighted by molar-refractivity contribution is -0.120. The number of aromatic nitrogens is 2. The van der Waals surface area contributed by atoms with Crippen molar-refractivity contribution in [2.45, 2.75) is 30.8 Å². The number of rotatable bonds is 5. The van der Waals surface area contributed by atoms with Gasteiger partial charge in [-0.2, -0.15) is 0 Å². The second kappa shape index (κ2) is 6.65. The number of aryl methyl sites for hydroxylation is 1. The van der Waals surface area contributed by atoms with Gasteiger partial charge in [-0.15, -0.1) is 0 Å². The number of carbonyl (C=O) groups is 1. The van der Waals surface area contributed by atoms with Crippen LogP contribution in [0.1, 0.15) is 18.1 Å². The molecule has 0 aliphatic rings. The molecule has 0 spiro atoms. The van der Waals surface area contributed by atoms with E-state index < -0.39 is 21.0 Å². The Labute approximate surface area is 129 Å². The van der Waals surface area contributed by atoms with E-state index in [1.807, 2.05) is 30.3 Å². The van der Waals surface area contributed by atoms with Crippen molar-refractivity contribution in [3.05, 3.63) is 53.9 Å². The van der Waals surface area contributed by atoms with Crippen LogP contribution in [0.15, 0.2) is 47.9 Å². The normalized spacial score (nSPS) is 12.6. The Morgan fingerprint density at radius 1 is 1.18 bits per heavy atom. The van der Waals surface area contributed by atoms with E-state index in [0.29, 0.717) is 0 Å². The number of hydrogen-bond acceptors (Lipinski definition) is 5. The molecule has 1 amide bonds. The number of hydrogen-bond donors (Lipinski definition) is 1. The standard InChI is InChI=1S/C15H17N3O3S/c1-11-8-17-15(18-9-11)22(20,21)12(2)14(19)16-10-13-6-4-3-5-7-13/h3-9,12H,10H2,1-2H3,(H,16,19)/t12-/m1/s1. The molecule has 0 unspecified atom stereocenters. The zero-order valence-corrected chi connectivity index (χ0v) is 13.2. The highest BCUT2D eigenvalue weighted by molar-refractivity contribution is 7.92. The average molecular weight is 319 g/mol. The molecule has 2 aromatic rings. The van der Waals surface area contributed by atoms with Crippen LogP contribution in [0.25, 0.3) is 0 Å². The molecule has 7 heteroatoms. The topological polar surface area (TPSA) is 89.0 Å². The van der Waals surface area contributed by atoms with Crippen LogP contribution >= 0.6 is 0 Å². The molecule has 0 aliphatic heterocycles. The third kappa shape index (κ3) is 3.67. The summed E-state index contributed by atoms with van der Waals surface area (Å²) in [6.45, 7) is 3.36. The van der Waals surface area contributed by atoms with Gasteiger partial charge in [0.05, 0.1) is 0 Å². The van der Waals surface area contributed by atoms with E-state index in [0.717, 1.165) is 11.1 Å². The van der Waals surface area contributed by atoms with Gasteiger partial charge in [-0.1, -0.05) is 30.3 Å². The average Bonchev–Trinajstić information content (AvgIpc) is 2.53. The van der Waals surface area contributed by atoms with E-state index in [-0.39, 0.29) is 11.7 Å². The van der Waals surface area contributed by atoms with E-state index in [9.17, 15) is 13.2 Å². The first-order valence-corrected chi connectivity index (χ1v) is 8.30. The Bertz CT molecular complexity index is 743. The highest BCUT2D eigenvalue weighted by Crippen LogP contribution is 2.11. The minimum Gasteiger partial charge on any atom is -0.351 e. The molecular weight excluding hydrogens is 302 g/mol. The lowest BCUT2D eigenvalue weighted by atomic mass is 10.2. The summed E-state index contributed by atoms with van der Waals surface area (Å²) in [7, 11) is -3.89. The van der Waals surface area contributed by atoms with Crippen LogP contribution in [0.3, 0.4) is 0 Å². The van der Waals surface area contributed by atoms with Gasteiger partial charge in [-0.05, 0) is 25.0 Å². The third-order valence-corrected chi connectivity index (χ3v) is 5.02. The van der Waals surface area contributed by atoms with Crippen molar-refractivity contribution < 1.29 is 13.2 Å². The van der Waals surface area contributed by atoms with E-state index in [2.05, 4.69) is 15.3 Å². The highest BCUT2D eigenvalue weighted by Gasteiger charge is 2.31. The lowest BCUT2D eigenvalue weighted by Gasteiger charge is -2.12. The number of carbonyl (C=O) groups excluding carboxylic acids is 1. The second-order valence-electron chi connectivity index (χ2n) is 4.93. The predicted molar refractivity (Wildman–Crippen MR) is 81.7 cm³/mol. The van der Waals surface area contributed by atoms with Crippen molar-refractivity contribution >= 4 is 15.7 Å². The van der Waals surface area contributed by atoms with E-state index >= 15 is 0 Å². The van der Waals surface area contributed by atoms with Gasteiger partial charge in [-0.25, -0.2) is 18.4 Å². The summed E-state index contributed by atoms with van der Waals surface area (Å²) in [6, 6.07) is 9.27. The molecule has 2 rings (SSSR count). The lowest BCUT2D eigenvalue weighted by Crippen LogP contribution is -2.38. The van der Waals surface area contributed by atoms with Crippen molar-refractivity contribution in [1.29, 1.82) is 0 Å². The van der Waals surface area contributed by atoms with Crippen LogP contribution < -0.4 is 5.32 Å². The molecule has 1 N–H and O–H groups in total. The number of benzene rings is 1. The molecule has 1 atom stereocenters. The highest BCUT2D eigenvalue weighted by atomic mass is 32.2. The maximum atomic E-state index is 12.3. The van der Waals surface area contributed by atoms with Crippen LogP contribution in [0.4, 0.5) is 0 Å². The Morgan fingerprint density at radius 3 is 2.36 bits per heavy atom. The summed E-state index contributed by atoms with van der Waals surface area (Å²) in [5.74, 6) is -0.576. The summed E-state index contributed by atoms with van der Waals surface area (Å²) in [4.78, 5) is 19.6. The molecule has 0 fully saturated rings. The molecule has 22 heavy (non-hydrogen) atoms. The molecule has 0 aliphatic carbocycles. The molecule has 6 nitrogen and oxygen atoms in total. The molecule has 0 saturated carbocycles. The fourth-order valence-electron chi connectivity index (χ4n) is 1.76. The van der Waals surface area contributed by atoms with E-state index in [1.54, 1.807) is 6.92 Å². The molecule has 116 valence electrons. The third-order valence-electron chi connectivity index (χ3n) is 3.16. The molecule has 0 saturated heterocycles. The van der Waals surface area contributed by atoms with Gasteiger partial charge in [0.2, 0.25) is 20.9 Å². The zero-order chi connectivity index (χ0) is 16.2. The molecular formula is C15H17N3O3S. The first-order valence-electron chi connectivity index (χ1n) is 6.75. The molecule has 1 aromatic carbocycles. The fourth-order valence-corrected chi connectivity index (χ4v) is 2.84. The summed E-state index contributed by atoms with van der Waals surface area (Å²) in [6.07, 6.45) is 2.82. The van der Waals surface area contributed by atoms with Crippen molar-refractivity contribution in [2.75, 3.05) is 0 Å². The van der Waals surface area contributed by atoms with Crippen LogP contribution in [-0.4, -0.2) is 29.5 Å². The maximum Gasteiger partial charge on any atom is 0.247 e. The Hall–Kier alpha value is -2.28. The number of nitrogens with zero attached hydrogens (tertiary/aromatic N) is 2. The maximum absolute atomic E-state index is 12.3. The first-order chi connectivity index (χ1) is 10.4. The van der Waals surface area contributed by atoms with Gasteiger partial charge in [0, 0.05) is 18.9 Å². The van der Waals surface area contributed by atoms with E-state index in [1.165, 1.54) is 19.3 Å². The van der Waals surface area contributed by atoms with E-state index in [4.69, 9.17) is 0 Å². The van der Waals surface area contributed by atoms with Gasteiger partial charge < -0.3 is 5.32 Å². The first kappa shape index (κ1) is 16.1. The Morgan fingerprint density at radius 2 is 1.77 bits per heavy atom.